The van der Waals surface area contributed by atoms with E-state index in [1.807, 2.05) is 18.2 Å². The Kier molecular flexibility index (Phi) is 7.00. The van der Waals surface area contributed by atoms with Crippen LogP contribution in [0.5, 0.6) is 23.0 Å². The van der Waals surface area contributed by atoms with Crippen LogP contribution in [0.3, 0.4) is 0 Å². The van der Waals surface area contributed by atoms with Crippen molar-refractivity contribution in [2.24, 2.45) is 0 Å². The summed E-state index contributed by atoms with van der Waals surface area (Å²) < 4.78 is 21.5. The number of carbonyl (C=O) groups is 2. The monoisotopic (exact) mass is 414 g/mol. The molecule has 0 N–H and O–H groups in total. The van der Waals surface area contributed by atoms with Crippen LogP contribution in [0, 0.1) is 0 Å². The fourth-order valence-electron chi connectivity index (χ4n) is 3.30. The summed E-state index contributed by atoms with van der Waals surface area (Å²) in [7, 11) is 4.53. The molecule has 0 aliphatic carbocycles. The minimum atomic E-state index is -0.151. The lowest BCUT2D eigenvalue weighted by atomic mass is 10.1. The minimum Gasteiger partial charge on any atom is -0.493 e. The molecule has 0 unspecified atom stereocenters. The standard InChI is InChI=1S/C22H26N2O6/c1-27-18-13-16(14-19(28-2)21(18)29-3)22(26)24-11-9-23(10-12-24)20(25)15-30-17-7-5-4-6-8-17/h4-8,13-14H,9-12,15H2,1-3H3. The molecular weight excluding hydrogens is 388 g/mol. The zero-order valence-corrected chi connectivity index (χ0v) is 17.4. The summed E-state index contributed by atoms with van der Waals surface area (Å²) in [5.74, 6) is 1.69. The highest BCUT2D eigenvalue weighted by Gasteiger charge is 2.26. The Balaban J connectivity index is 1.59. The lowest BCUT2D eigenvalue weighted by molar-refractivity contribution is -0.134. The quantitative estimate of drug-likeness (QED) is 0.690. The van der Waals surface area contributed by atoms with Crippen molar-refractivity contribution in [2.75, 3.05) is 54.1 Å². The van der Waals surface area contributed by atoms with E-state index >= 15 is 0 Å². The van der Waals surface area contributed by atoms with Crippen molar-refractivity contribution in [2.45, 2.75) is 0 Å². The summed E-state index contributed by atoms with van der Waals surface area (Å²) in [5.41, 5.74) is 0.441. The smallest absolute Gasteiger partial charge is 0.260 e. The molecule has 1 heterocycles. The van der Waals surface area contributed by atoms with Crippen LogP contribution < -0.4 is 18.9 Å². The average molecular weight is 414 g/mol. The third-order valence-electron chi connectivity index (χ3n) is 4.94. The highest BCUT2D eigenvalue weighted by molar-refractivity contribution is 5.96. The number of piperazine rings is 1. The Bertz CT molecular complexity index is 853. The number of amides is 2. The highest BCUT2D eigenvalue weighted by Crippen LogP contribution is 2.38. The molecule has 2 aromatic rings. The van der Waals surface area contributed by atoms with E-state index < -0.39 is 0 Å². The molecule has 8 nitrogen and oxygen atoms in total. The van der Waals surface area contributed by atoms with Crippen LogP contribution in [0.2, 0.25) is 0 Å². The normalized spacial score (nSPS) is 13.6. The predicted octanol–water partition coefficient (Wildman–Crippen LogP) is 2.08. The fraction of sp³-hybridized carbons (Fsp3) is 0.364. The molecule has 0 spiro atoms. The molecule has 1 fully saturated rings. The molecule has 160 valence electrons. The van der Waals surface area contributed by atoms with Gasteiger partial charge in [0, 0.05) is 31.7 Å². The minimum absolute atomic E-state index is 0.0230. The van der Waals surface area contributed by atoms with Crippen molar-refractivity contribution in [3.05, 3.63) is 48.0 Å². The molecule has 0 saturated carbocycles. The van der Waals surface area contributed by atoms with Gasteiger partial charge in [-0.2, -0.15) is 0 Å². The fourth-order valence-corrected chi connectivity index (χ4v) is 3.30. The maximum absolute atomic E-state index is 13.0. The molecule has 30 heavy (non-hydrogen) atoms. The van der Waals surface area contributed by atoms with Crippen LogP contribution in [0.4, 0.5) is 0 Å². The van der Waals surface area contributed by atoms with Gasteiger partial charge in [0.1, 0.15) is 5.75 Å². The molecule has 1 aliphatic heterocycles. The van der Waals surface area contributed by atoms with Crippen LogP contribution in [-0.2, 0) is 4.79 Å². The van der Waals surface area contributed by atoms with Gasteiger partial charge in [-0.05, 0) is 24.3 Å². The van der Waals surface area contributed by atoms with Crippen molar-refractivity contribution in [3.8, 4) is 23.0 Å². The van der Waals surface area contributed by atoms with Crippen LogP contribution in [0.1, 0.15) is 10.4 Å². The van der Waals surface area contributed by atoms with E-state index in [1.54, 1.807) is 34.1 Å². The second kappa shape index (κ2) is 9.87. The van der Waals surface area contributed by atoms with Gasteiger partial charge in [0.05, 0.1) is 21.3 Å². The number of hydrogen-bond acceptors (Lipinski definition) is 6. The van der Waals surface area contributed by atoms with E-state index in [4.69, 9.17) is 18.9 Å². The van der Waals surface area contributed by atoms with Crippen LogP contribution in [0.15, 0.2) is 42.5 Å². The van der Waals surface area contributed by atoms with Gasteiger partial charge in [0.25, 0.3) is 11.8 Å². The summed E-state index contributed by atoms with van der Waals surface area (Å²) in [5, 5.41) is 0. The second-order valence-electron chi connectivity index (χ2n) is 6.69. The van der Waals surface area contributed by atoms with E-state index in [9.17, 15) is 9.59 Å². The zero-order chi connectivity index (χ0) is 21.5. The van der Waals surface area contributed by atoms with E-state index in [0.29, 0.717) is 54.7 Å². The summed E-state index contributed by atoms with van der Waals surface area (Å²) in [6.45, 7) is 1.75. The lowest BCUT2D eigenvalue weighted by Gasteiger charge is -2.34. The van der Waals surface area contributed by atoms with Crippen molar-refractivity contribution in [1.82, 2.24) is 9.80 Å². The number of benzene rings is 2. The van der Waals surface area contributed by atoms with Crippen molar-refractivity contribution in [1.29, 1.82) is 0 Å². The Morgan fingerprint density at radius 3 is 1.93 bits per heavy atom. The SMILES string of the molecule is COc1cc(C(=O)N2CCN(C(=O)COc3ccccc3)CC2)cc(OC)c1OC. The van der Waals surface area contributed by atoms with Gasteiger partial charge >= 0.3 is 0 Å². The van der Waals surface area contributed by atoms with Crippen LogP contribution in [0.25, 0.3) is 0 Å². The van der Waals surface area contributed by atoms with E-state index in [0.717, 1.165) is 0 Å². The first kappa shape index (κ1) is 21.3. The molecule has 0 radical (unpaired) electrons. The van der Waals surface area contributed by atoms with E-state index in [2.05, 4.69) is 0 Å². The van der Waals surface area contributed by atoms with E-state index in [1.165, 1.54) is 21.3 Å². The Hall–Kier alpha value is -3.42. The number of ether oxygens (including phenoxy) is 4. The first-order valence-electron chi connectivity index (χ1n) is 9.62. The molecule has 2 amide bonds. The number of para-hydroxylation sites is 1. The molecule has 3 rings (SSSR count). The Morgan fingerprint density at radius 1 is 0.833 bits per heavy atom. The zero-order valence-electron chi connectivity index (χ0n) is 17.4. The van der Waals surface area contributed by atoms with Gasteiger partial charge in [-0.1, -0.05) is 18.2 Å². The molecule has 0 bridgehead atoms. The van der Waals surface area contributed by atoms with Crippen LogP contribution >= 0.6 is 0 Å². The third kappa shape index (κ3) is 4.76. The molecule has 2 aromatic carbocycles. The van der Waals surface area contributed by atoms with Gasteiger partial charge in [-0.15, -0.1) is 0 Å². The first-order chi connectivity index (χ1) is 14.6. The second-order valence-corrected chi connectivity index (χ2v) is 6.69. The molecule has 0 atom stereocenters. The molecule has 1 saturated heterocycles. The maximum Gasteiger partial charge on any atom is 0.260 e. The summed E-state index contributed by atoms with van der Waals surface area (Å²) in [6.07, 6.45) is 0. The first-order valence-corrected chi connectivity index (χ1v) is 9.62. The average Bonchev–Trinajstić information content (AvgIpc) is 2.81. The maximum atomic E-state index is 13.0. The number of carbonyl (C=O) groups excluding carboxylic acids is 2. The topological polar surface area (TPSA) is 77.5 Å². The molecular formula is C22H26N2O6. The summed E-state index contributed by atoms with van der Waals surface area (Å²) >= 11 is 0. The third-order valence-corrected chi connectivity index (χ3v) is 4.94. The van der Waals surface area contributed by atoms with Gasteiger partial charge in [-0.25, -0.2) is 0 Å². The summed E-state index contributed by atoms with van der Waals surface area (Å²) in [6, 6.07) is 12.5. The predicted molar refractivity (Wildman–Crippen MR) is 111 cm³/mol. The van der Waals surface area contributed by atoms with Crippen molar-refractivity contribution < 1.29 is 28.5 Å². The Labute approximate surface area is 175 Å². The Morgan fingerprint density at radius 2 is 1.40 bits per heavy atom. The number of rotatable bonds is 7. The molecule has 0 aromatic heterocycles. The number of hydrogen-bond donors (Lipinski definition) is 0. The largest absolute Gasteiger partial charge is 0.493 e. The number of nitrogens with zero attached hydrogens (tertiary/aromatic N) is 2. The molecule has 1 aliphatic rings. The highest BCUT2D eigenvalue weighted by atomic mass is 16.5. The van der Waals surface area contributed by atoms with Crippen molar-refractivity contribution in [3.63, 3.8) is 0 Å². The molecule has 8 heteroatoms. The van der Waals surface area contributed by atoms with Crippen molar-refractivity contribution >= 4 is 11.8 Å². The van der Waals surface area contributed by atoms with Crippen LogP contribution in [-0.4, -0.2) is 75.7 Å². The number of methoxy groups -OCH3 is 3. The van der Waals surface area contributed by atoms with E-state index in [-0.39, 0.29) is 18.4 Å². The summed E-state index contributed by atoms with van der Waals surface area (Å²) in [4.78, 5) is 28.8. The van der Waals surface area contributed by atoms with Gasteiger partial charge in [0.2, 0.25) is 5.75 Å². The van der Waals surface area contributed by atoms with Gasteiger partial charge < -0.3 is 28.7 Å². The van der Waals surface area contributed by atoms with Gasteiger partial charge in [0.15, 0.2) is 18.1 Å². The van der Waals surface area contributed by atoms with Gasteiger partial charge in [-0.3, -0.25) is 9.59 Å². The lowest BCUT2D eigenvalue weighted by Crippen LogP contribution is -2.51.